The van der Waals surface area contributed by atoms with Crippen LogP contribution < -0.4 is 63.1 Å². The van der Waals surface area contributed by atoms with E-state index >= 15 is 17.6 Å². The topological polar surface area (TPSA) is 666 Å². The minimum atomic E-state index is -5.00. The zero-order valence-corrected chi connectivity index (χ0v) is 66.4. The summed E-state index contributed by atoms with van der Waals surface area (Å²) in [6, 6.07) is 12.4. The number of phosphoric acid groups is 4. The van der Waals surface area contributed by atoms with E-state index in [9.17, 15) is 134 Å². The fourth-order valence-corrected chi connectivity index (χ4v) is 16.6. The van der Waals surface area contributed by atoms with Gasteiger partial charge in [-0.2, -0.15) is 0 Å². The molecule has 48 nitrogen and oxygen atoms in total. The molecular weight excluding hydrogens is 1840 g/mol. The second-order valence-electron chi connectivity index (χ2n) is 27.0. The summed E-state index contributed by atoms with van der Waals surface area (Å²) >= 11 is 0. The van der Waals surface area contributed by atoms with Crippen molar-refractivity contribution in [3.63, 3.8) is 0 Å². The number of fused-ring (bicyclic) bond motifs is 4. The minimum absolute atomic E-state index is 0.0270. The van der Waals surface area contributed by atoms with Gasteiger partial charge >= 0.3 is 54.0 Å². The fraction of sp³-hybridized carbons (Fsp3) is 0.353. The van der Waals surface area contributed by atoms with Crippen molar-refractivity contribution in [2.45, 2.75) is 124 Å². The largest absolute Gasteiger partial charge is 0.530 e. The van der Waals surface area contributed by atoms with Crippen molar-refractivity contribution in [1.29, 1.82) is 0 Å². The Bertz CT molecular complexity index is 6790. The van der Waals surface area contributed by atoms with E-state index in [-0.39, 0.29) is 86.1 Å². The van der Waals surface area contributed by atoms with Crippen molar-refractivity contribution in [2.24, 2.45) is 0 Å². The van der Waals surface area contributed by atoms with Crippen molar-refractivity contribution in [3.8, 4) is 23.0 Å². The van der Waals surface area contributed by atoms with Gasteiger partial charge in [0.2, 0.25) is 0 Å². The summed E-state index contributed by atoms with van der Waals surface area (Å²) < 4.78 is 293. The van der Waals surface area contributed by atoms with Crippen molar-refractivity contribution in [2.75, 3.05) is 26.3 Å². The number of benzene rings is 4. The summed E-state index contributed by atoms with van der Waals surface area (Å²) in [5.41, 5.74) is -11.6. The SMILES string of the molecule is O=Cc1cn([C@@H]2O[C@](F)(COP3(=O)OCc4cc(F)ccc4O3)[C@@H](O)[C@H]2O)c(=O)[nH]c1=O.[2H]C([2H])(OP1(=O)OCc2cc(F)ccc2O1)[C@@]1(F)O[C@@H](n2cc(C=O)c(=O)[nH]c2=O)[C@H](O)[C@@H]1O.[2H]C([2H])(OP1(=O)OCc2cc(F)ccc2O1)[C@@]1(F)O[C@@]([2H])(n2cc(C=O)c(=O)[nH]c2=O)[C@H](O)[C@@H]1O.[2H][C@@]1(n2cc(C=O)c(=O)[nH]c2=O)O[C@](F)(COP2(=O)OCc3cc(F)ccc3O2)[C@@H](O)[C@H]1O. The number of phosphoric ester groups is 4. The average Bonchev–Trinajstić information content (AvgIpc) is 1.56. The smallest absolute Gasteiger partial charge is 0.404 e. The first-order chi connectivity index (χ1) is 62.4. The first-order valence-corrected chi connectivity index (χ1v) is 41.1. The quantitative estimate of drug-likeness (QED) is 0.0282. The second kappa shape index (κ2) is 36.5. The normalized spacial score (nSPS) is 33.8. The number of aliphatic hydroxyl groups excluding tert-OH is 8. The predicted octanol–water partition coefficient (Wildman–Crippen LogP) is 0.554. The maximum absolute atomic E-state index is 15.8. The second-order valence-corrected chi connectivity index (χ2v) is 33.2. The number of aromatic amines is 4. The van der Waals surface area contributed by atoms with E-state index in [2.05, 4.69) is 13.8 Å². The van der Waals surface area contributed by atoms with E-state index in [1.807, 2.05) is 0 Å². The van der Waals surface area contributed by atoms with Gasteiger partial charge < -0.3 is 77.9 Å². The molecule has 4 saturated heterocycles. The molecule has 4 aromatic carbocycles. The van der Waals surface area contributed by atoms with Gasteiger partial charge in [0, 0.05) is 47.0 Å². The number of aromatic nitrogens is 8. The van der Waals surface area contributed by atoms with Crippen molar-refractivity contribution in [3.05, 3.63) is 249 Å². The third kappa shape index (κ3) is 19.5. The highest BCUT2D eigenvalue weighted by molar-refractivity contribution is 7.49. The van der Waals surface area contributed by atoms with Crippen LogP contribution in [0.2, 0.25) is 0 Å². The van der Waals surface area contributed by atoms with Crippen LogP contribution in [0, 0.1) is 23.3 Å². The van der Waals surface area contributed by atoms with Gasteiger partial charge in [0.15, 0.2) is 50.0 Å². The first kappa shape index (κ1) is 86.4. The lowest BCUT2D eigenvalue weighted by molar-refractivity contribution is -0.205. The van der Waals surface area contributed by atoms with E-state index in [0.29, 0.717) is 33.9 Å². The molecule has 8 aliphatic heterocycles. The number of H-pyrrole nitrogens is 4. The molecule has 8 aliphatic rings. The highest BCUT2D eigenvalue weighted by Gasteiger charge is 2.62. The van der Waals surface area contributed by atoms with Gasteiger partial charge in [-0.15, -0.1) is 0 Å². The number of ether oxygens (including phenoxy) is 4. The molecule has 4 unspecified atom stereocenters. The van der Waals surface area contributed by atoms with Crippen molar-refractivity contribution >= 4 is 56.4 Å². The van der Waals surface area contributed by atoms with E-state index in [1.165, 1.54) is 6.07 Å². The molecule has 0 radical (unpaired) electrons. The molecule has 20 atom stereocenters. The molecule has 12 heterocycles. The maximum Gasteiger partial charge on any atom is 0.530 e. The third-order valence-corrected chi connectivity index (χ3v) is 23.4. The molecule has 4 aromatic heterocycles. The molecule has 8 aromatic rings. The monoisotopic (exact) mass is 1910 g/mol. The Balaban J connectivity index is 0.000000152. The van der Waals surface area contributed by atoms with E-state index in [1.54, 1.807) is 19.9 Å². The summed E-state index contributed by atoms with van der Waals surface area (Å²) in [5, 5.41) is 81.8. The molecule has 60 heteroatoms. The minimum Gasteiger partial charge on any atom is -0.404 e. The van der Waals surface area contributed by atoms with Crippen LogP contribution in [0.3, 0.4) is 0 Å². The lowest BCUT2D eigenvalue weighted by atomic mass is 10.1. The summed E-state index contributed by atoms with van der Waals surface area (Å²) in [5.74, 6) is -17.9. The van der Waals surface area contributed by atoms with Crippen LogP contribution in [0.25, 0.3) is 0 Å². The molecule has 0 saturated carbocycles. The maximum atomic E-state index is 15.8. The average molecular weight is 1910 g/mol. The zero-order valence-electron chi connectivity index (χ0n) is 68.8. The van der Waals surface area contributed by atoms with Crippen LogP contribution in [-0.4, -0.2) is 203 Å². The van der Waals surface area contributed by atoms with Crippen LogP contribution in [-0.2, 0) is 99.8 Å². The Labute approximate surface area is 709 Å². The van der Waals surface area contributed by atoms with Gasteiger partial charge in [-0.25, -0.2) is 72.6 Å². The summed E-state index contributed by atoms with van der Waals surface area (Å²) in [4.78, 5) is 145. The molecular formula is C68H60F8N8O40P4. The van der Waals surface area contributed by atoms with Crippen molar-refractivity contribution in [1.82, 2.24) is 38.2 Å². The Morgan fingerprint density at radius 1 is 0.383 bits per heavy atom. The van der Waals surface area contributed by atoms with Crippen LogP contribution in [0.15, 0.2) is 136 Å². The number of halogens is 8. The highest BCUT2D eigenvalue weighted by Crippen LogP contribution is 2.60. The molecule has 0 bridgehead atoms. The highest BCUT2D eigenvalue weighted by atomic mass is 31.2. The molecule has 16 rings (SSSR count). The zero-order chi connectivity index (χ0) is 98.5. The molecule has 0 aliphatic carbocycles. The first-order valence-electron chi connectivity index (χ1n) is 38.2. The molecule has 12 N–H and O–H groups in total. The number of hydrogen-bond acceptors (Lipinski definition) is 40. The van der Waals surface area contributed by atoms with E-state index in [0.717, 1.165) is 66.7 Å². The number of alkyl halides is 4. The van der Waals surface area contributed by atoms with Gasteiger partial charge in [-0.05, 0) is 72.8 Å². The van der Waals surface area contributed by atoms with Crippen LogP contribution in [0.4, 0.5) is 35.1 Å². The van der Waals surface area contributed by atoms with E-state index < -0.39 is 265 Å². The lowest BCUT2D eigenvalue weighted by Crippen LogP contribution is -2.43. The number of rotatable bonds is 20. The number of aliphatic hydroxyl groups is 8. The van der Waals surface area contributed by atoms with Gasteiger partial charge in [-0.1, -0.05) is 0 Å². The van der Waals surface area contributed by atoms with Crippen LogP contribution in [0.5, 0.6) is 23.0 Å². The number of hydrogen-bond donors (Lipinski definition) is 12. The van der Waals surface area contributed by atoms with Crippen LogP contribution >= 0.6 is 31.3 Å². The summed E-state index contributed by atoms with van der Waals surface area (Å²) in [6.45, 7) is -12.5. The van der Waals surface area contributed by atoms with Gasteiger partial charge in [-0.3, -0.25) is 113 Å². The van der Waals surface area contributed by atoms with E-state index in [4.69, 9.17) is 67.7 Å². The fourth-order valence-electron chi connectivity index (χ4n) is 11.9. The lowest BCUT2D eigenvalue weighted by Gasteiger charge is -2.28. The Kier molecular flexibility index (Phi) is 24.7. The Morgan fingerprint density at radius 3 is 0.938 bits per heavy atom. The molecule has 4 fully saturated rings. The molecule has 128 heavy (non-hydrogen) atoms. The van der Waals surface area contributed by atoms with Crippen molar-refractivity contribution < 1.29 is 195 Å². The van der Waals surface area contributed by atoms with Gasteiger partial charge in [0.25, 0.3) is 45.7 Å². The number of carbonyl (C=O) groups is 4. The summed E-state index contributed by atoms with van der Waals surface area (Å²) in [6.07, 6.45) is -28.0. The molecule has 0 amide bonds. The van der Waals surface area contributed by atoms with Gasteiger partial charge in [0.1, 0.15) is 121 Å². The number of nitrogens with zero attached hydrogens (tertiary/aromatic N) is 4. The Morgan fingerprint density at radius 2 is 0.625 bits per heavy atom. The standard InChI is InChI=1S/4C17H15F2N2O10P/c4*18-10-1-2-11-8(3-10)6-28-32(27,31-11)29-7-17(19)13(24)12(23)15(30-17)21-4-9(5-22)14(25)20-16(21)26/h4*1-5,12-13,15,23-24H,6-7H2,(H,20,25,26)/t4*12-,13+,15-,17-,32?/m1111/s1/i7D2,15D;15D;7D2;. The number of aldehydes is 4. The summed E-state index contributed by atoms with van der Waals surface area (Å²) in [7, 11) is -18.8. The number of carbonyl (C=O) groups excluding carboxylic acids is 4. The molecule has 688 valence electrons. The van der Waals surface area contributed by atoms with Gasteiger partial charge in [0.05, 0.1) is 56.9 Å². The predicted molar refractivity (Wildman–Crippen MR) is 392 cm³/mol. The number of nitrogens with one attached hydrogen (secondary N) is 4. The Hall–Kier alpha value is -11.0. The third-order valence-electron chi connectivity index (χ3n) is 18.5. The molecule has 0 spiro atoms. The van der Waals surface area contributed by atoms with Crippen LogP contribution in [0.1, 0.15) is 96.8 Å².